The Bertz CT molecular complexity index is 1120. The second-order valence-corrected chi connectivity index (χ2v) is 9.22. The maximum atomic E-state index is 12.5. The van der Waals surface area contributed by atoms with Gasteiger partial charge in [-0.1, -0.05) is 44.5 Å². The molecule has 0 atom stereocenters. The van der Waals surface area contributed by atoms with Gasteiger partial charge in [0.05, 0.1) is 7.11 Å². The molecule has 0 bridgehead atoms. The number of amides is 1. The summed E-state index contributed by atoms with van der Waals surface area (Å²) in [7, 11) is 1.44. The predicted octanol–water partition coefficient (Wildman–Crippen LogP) is 4.72. The largest absolute Gasteiger partial charge is 0.493 e. The highest BCUT2D eigenvalue weighted by Gasteiger charge is 2.20. The SMILES string of the molecule is COc1cc(/C=C(\C#N)C(=O)NC(C)C)ccc1OC(=O)COc1ccc(C)cc1C(C)(C)C. The molecule has 1 amide bonds. The number of nitrogens with zero attached hydrogens (tertiary/aromatic N) is 1. The lowest BCUT2D eigenvalue weighted by atomic mass is 9.85. The number of methoxy groups -OCH3 is 1. The fraction of sp³-hybridized carbons (Fsp3) is 0.370. The lowest BCUT2D eigenvalue weighted by Gasteiger charge is -2.23. The molecule has 0 aliphatic rings. The molecule has 7 nitrogen and oxygen atoms in total. The van der Waals surface area contributed by atoms with Crippen LogP contribution in [0.5, 0.6) is 17.2 Å². The molecule has 0 fully saturated rings. The molecule has 0 spiro atoms. The third-order valence-corrected chi connectivity index (χ3v) is 4.80. The number of benzene rings is 2. The van der Waals surface area contributed by atoms with Crippen LogP contribution in [-0.4, -0.2) is 31.6 Å². The maximum Gasteiger partial charge on any atom is 0.349 e. The lowest BCUT2D eigenvalue weighted by molar-refractivity contribution is -0.136. The van der Waals surface area contributed by atoms with Crippen LogP contribution in [0.4, 0.5) is 0 Å². The average molecular weight is 465 g/mol. The van der Waals surface area contributed by atoms with E-state index in [2.05, 4.69) is 26.1 Å². The van der Waals surface area contributed by atoms with Crippen molar-refractivity contribution >= 4 is 18.0 Å². The summed E-state index contributed by atoms with van der Waals surface area (Å²) in [5.74, 6) is 0.0739. The first-order valence-electron chi connectivity index (χ1n) is 11.0. The Morgan fingerprint density at radius 2 is 1.76 bits per heavy atom. The smallest absolute Gasteiger partial charge is 0.349 e. The molecule has 0 aliphatic carbocycles. The summed E-state index contributed by atoms with van der Waals surface area (Å²) in [5, 5.41) is 12.0. The first-order valence-corrected chi connectivity index (χ1v) is 11.0. The molecule has 2 aromatic carbocycles. The molecule has 0 saturated carbocycles. The molecule has 34 heavy (non-hydrogen) atoms. The number of ether oxygens (including phenoxy) is 3. The highest BCUT2D eigenvalue weighted by molar-refractivity contribution is 6.01. The van der Waals surface area contributed by atoms with Gasteiger partial charge in [0, 0.05) is 6.04 Å². The van der Waals surface area contributed by atoms with E-state index in [1.165, 1.54) is 13.2 Å². The van der Waals surface area contributed by atoms with Crippen molar-refractivity contribution in [3.8, 4) is 23.3 Å². The van der Waals surface area contributed by atoms with Gasteiger partial charge in [-0.3, -0.25) is 4.79 Å². The summed E-state index contributed by atoms with van der Waals surface area (Å²) in [6.45, 7) is 11.6. The Balaban J connectivity index is 2.15. The molecule has 2 aromatic rings. The van der Waals surface area contributed by atoms with E-state index in [0.717, 1.165) is 11.1 Å². The number of nitriles is 1. The lowest BCUT2D eigenvalue weighted by Crippen LogP contribution is -2.30. The first-order chi connectivity index (χ1) is 15.9. The highest BCUT2D eigenvalue weighted by Crippen LogP contribution is 2.33. The third kappa shape index (κ3) is 7.38. The van der Waals surface area contributed by atoms with Gasteiger partial charge in [0.2, 0.25) is 0 Å². The molecule has 0 heterocycles. The molecule has 0 saturated heterocycles. The van der Waals surface area contributed by atoms with Gasteiger partial charge in [-0.25, -0.2) is 4.79 Å². The van der Waals surface area contributed by atoms with Crippen LogP contribution in [0.1, 0.15) is 51.3 Å². The van der Waals surface area contributed by atoms with E-state index in [4.69, 9.17) is 14.2 Å². The Morgan fingerprint density at radius 1 is 1.09 bits per heavy atom. The summed E-state index contributed by atoms with van der Waals surface area (Å²) in [6.07, 6.45) is 1.44. The average Bonchev–Trinajstić information content (AvgIpc) is 2.76. The fourth-order valence-corrected chi connectivity index (χ4v) is 3.16. The summed E-state index contributed by atoms with van der Waals surface area (Å²) in [6, 6.07) is 12.4. The second kappa shape index (κ2) is 11.4. The van der Waals surface area contributed by atoms with Crippen molar-refractivity contribution < 1.29 is 23.8 Å². The Hall–Kier alpha value is -3.79. The van der Waals surface area contributed by atoms with Crippen LogP contribution in [0.2, 0.25) is 0 Å². The van der Waals surface area contributed by atoms with Gasteiger partial charge in [0.15, 0.2) is 18.1 Å². The molecule has 0 aliphatic heterocycles. The second-order valence-electron chi connectivity index (χ2n) is 9.22. The van der Waals surface area contributed by atoms with E-state index in [-0.39, 0.29) is 35.1 Å². The quantitative estimate of drug-likeness (QED) is 0.263. The Labute approximate surface area is 201 Å². The van der Waals surface area contributed by atoms with E-state index in [0.29, 0.717) is 11.3 Å². The van der Waals surface area contributed by atoms with Crippen LogP contribution in [0.3, 0.4) is 0 Å². The number of hydrogen-bond donors (Lipinski definition) is 1. The van der Waals surface area contributed by atoms with Gasteiger partial charge in [0.25, 0.3) is 5.91 Å². The minimum absolute atomic E-state index is 0.0401. The van der Waals surface area contributed by atoms with Gasteiger partial charge in [0.1, 0.15) is 17.4 Å². The fourth-order valence-electron chi connectivity index (χ4n) is 3.16. The van der Waals surface area contributed by atoms with E-state index in [9.17, 15) is 14.9 Å². The van der Waals surface area contributed by atoms with E-state index in [1.54, 1.807) is 18.2 Å². The Morgan fingerprint density at radius 3 is 2.35 bits per heavy atom. The monoisotopic (exact) mass is 464 g/mol. The number of nitrogens with one attached hydrogen (secondary N) is 1. The number of carbonyl (C=O) groups is 2. The molecular formula is C27H32N2O5. The number of rotatable bonds is 8. The van der Waals surface area contributed by atoms with Crippen molar-refractivity contribution in [2.45, 2.75) is 53.0 Å². The zero-order valence-corrected chi connectivity index (χ0v) is 20.8. The summed E-state index contributed by atoms with van der Waals surface area (Å²) >= 11 is 0. The van der Waals surface area contributed by atoms with Crippen molar-refractivity contribution in [3.05, 3.63) is 58.7 Å². The molecule has 0 aromatic heterocycles. The van der Waals surface area contributed by atoms with Crippen molar-refractivity contribution in [2.24, 2.45) is 0 Å². The first kappa shape index (κ1) is 26.5. The number of esters is 1. The number of carbonyl (C=O) groups excluding carboxylic acids is 2. The zero-order chi connectivity index (χ0) is 25.5. The van der Waals surface area contributed by atoms with E-state index >= 15 is 0 Å². The summed E-state index contributed by atoms with van der Waals surface area (Å²) in [4.78, 5) is 24.6. The minimum Gasteiger partial charge on any atom is -0.493 e. The molecule has 180 valence electrons. The van der Waals surface area contributed by atoms with Crippen molar-refractivity contribution in [1.82, 2.24) is 5.32 Å². The van der Waals surface area contributed by atoms with Crippen LogP contribution in [-0.2, 0) is 15.0 Å². The molecule has 0 radical (unpaired) electrons. The van der Waals surface area contributed by atoms with Crippen LogP contribution >= 0.6 is 0 Å². The molecule has 7 heteroatoms. The number of hydrogen-bond acceptors (Lipinski definition) is 6. The van der Waals surface area contributed by atoms with Crippen LogP contribution in [0, 0.1) is 18.3 Å². The molecule has 1 N–H and O–H groups in total. The zero-order valence-electron chi connectivity index (χ0n) is 20.8. The van der Waals surface area contributed by atoms with Gasteiger partial charge >= 0.3 is 5.97 Å². The number of aryl methyl sites for hydroxylation is 1. The standard InChI is InChI=1S/C27H32N2O5/c1-17(2)29-26(31)20(15-28)13-19-9-11-23(24(14-19)32-7)34-25(30)16-33-22-10-8-18(3)12-21(22)27(4,5)6/h8-14,17H,16H2,1-7H3,(H,29,31)/b20-13+. The van der Waals surface area contributed by atoms with E-state index < -0.39 is 11.9 Å². The third-order valence-electron chi connectivity index (χ3n) is 4.80. The van der Waals surface area contributed by atoms with Crippen LogP contribution in [0.15, 0.2) is 42.0 Å². The summed E-state index contributed by atoms with van der Waals surface area (Å²) < 4.78 is 16.5. The van der Waals surface area contributed by atoms with Gasteiger partial charge in [-0.05, 0) is 61.6 Å². The van der Waals surface area contributed by atoms with Gasteiger partial charge in [-0.15, -0.1) is 0 Å². The maximum absolute atomic E-state index is 12.5. The van der Waals surface area contributed by atoms with E-state index in [1.807, 2.05) is 45.0 Å². The van der Waals surface area contributed by atoms with Crippen molar-refractivity contribution in [3.63, 3.8) is 0 Å². The highest BCUT2D eigenvalue weighted by atomic mass is 16.6. The molecular weight excluding hydrogens is 432 g/mol. The normalized spacial score (nSPS) is 11.6. The van der Waals surface area contributed by atoms with Crippen LogP contribution < -0.4 is 19.5 Å². The molecule has 0 unspecified atom stereocenters. The van der Waals surface area contributed by atoms with Gasteiger partial charge < -0.3 is 19.5 Å². The van der Waals surface area contributed by atoms with Crippen molar-refractivity contribution in [2.75, 3.05) is 13.7 Å². The predicted molar refractivity (Wildman–Crippen MR) is 131 cm³/mol. The van der Waals surface area contributed by atoms with Crippen LogP contribution in [0.25, 0.3) is 6.08 Å². The Kier molecular flexibility index (Phi) is 8.85. The summed E-state index contributed by atoms with van der Waals surface area (Å²) in [5.41, 5.74) is 2.48. The van der Waals surface area contributed by atoms with Gasteiger partial charge in [-0.2, -0.15) is 5.26 Å². The minimum atomic E-state index is -0.587. The van der Waals surface area contributed by atoms with Crippen molar-refractivity contribution in [1.29, 1.82) is 5.26 Å². The topological polar surface area (TPSA) is 97.6 Å². The molecule has 2 rings (SSSR count).